The van der Waals surface area contributed by atoms with Gasteiger partial charge in [0.15, 0.2) is 0 Å². The van der Waals surface area contributed by atoms with Gasteiger partial charge in [-0.25, -0.2) is 4.79 Å². The highest BCUT2D eigenvalue weighted by Crippen LogP contribution is 2.23. The quantitative estimate of drug-likeness (QED) is 0.706. The van der Waals surface area contributed by atoms with Gasteiger partial charge in [0.2, 0.25) is 0 Å². The molecule has 0 aliphatic heterocycles. The van der Waals surface area contributed by atoms with Gasteiger partial charge < -0.3 is 10.1 Å². The van der Waals surface area contributed by atoms with E-state index >= 15 is 0 Å². The third kappa shape index (κ3) is 5.65. The number of carbonyl (C=O) groups is 1. The summed E-state index contributed by atoms with van der Waals surface area (Å²) in [7, 11) is 0. The summed E-state index contributed by atoms with van der Waals surface area (Å²) in [6, 6.07) is 0. The van der Waals surface area contributed by atoms with Crippen LogP contribution in [0, 0.1) is 30.1 Å². The first-order valence-corrected chi connectivity index (χ1v) is 5.87. The Labute approximate surface area is 98.9 Å². The van der Waals surface area contributed by atoms with Crippen LogP contribution in [0.5, 0.6) is 0 Å². The van der Waals surface area contributed by atoms with Gasteiger partial charge in [-0.15, -0.1) is 6.42 Å². The van der Waals surface area contributed by atoms with E-state index in [0.717, 1.165) is 6.42 Å². The standard InChI is InChI=1S/C13H23NO2/c1-6-8-14-13(15)16-9-11(4)12(5)10(3)7-2/h1,10-12H,7-9H2,2-5H3,(H,14,15). The van der Waals surface area contributed by atoms with E-state index in [-0.39, 0.29) is 6.54 Å². The first kappa shape index (κ1) is 14.8. The molecule has 3 atom stereocenters. The van der Waals surface area contributed by atoms with Crippen LogP contribution in [0.4, 0.5) is 4.79 Å². The van der Waals surface area contributed by atoms with E-state index in [9.17, 15) is 4.79 Å². The number of hydrogen-bond donors (Lipinski definition) is 1. The highest BCUT2D eigenvalue weighted by atomic mass is 16.5. The summed E-state index contributed by atoms with van der Waals surface area (Å²) in [5.74, 6) is 3.88. The number of carbonyl (C=O) groups excluding carboxylic acids is 1. The molecule has 0 fully saturated rings. The summed E-state index contributed by atoms with van der Waals surface area (Å²) in [6.45, 7) is 9.36. The Bertz CT molecular complexity index is 245. The molecule has 16 heavy (non-hydrogen) atoms. The van der Waals surface area contributed by atoms with Crippen LogP contribution in [0.15, 0.2) is 0 Å². The summed E-state index contributed by atoms with van der Waals surface area (Å²) in [5.41, 5.74) is 0. The van der Waals surface area contributed by atoms with Gasteiger partial charge in [0.1, 0.15) is 0 Å². The number of hydrogen-bond acceptors (Lipinski definition) is 2. The van der Waals surface area contributed by atoms with Crippen molar-refractivity contribution in [3.05, 3.63) is 0 Å². The third-order valence-electron chi connectivity index (χ3n) is 3.25. The van der Waals surface area contributed by atoms with Crippen LogP contribution in [0.25, 0.3) is 0 Å². The van der Waals surface area contributed by atoms with Crippen molar-refractivity contribution in [1.29, 1.82) is 0 Å². The van der Waals surface area contributed by atoms with Gasteiger partial charge in [-0.2, -0.15) is 0 Å². The third-order valence-corrected chi connectivity index (χ3v) is 3.25. The molecule has 0 heterocycles. The van der Waals surface area contributed by atoms with E-state index in [0.29, 0.717) is 24.4 Å². The zero-order valence-corrected chi connectivity index (χ0v) is 10.7. The van der Waals surface area contributed by atoms with Gasteiger partial charge in [-0.3, -0.25) is 0 Å². The van der Waals surface area contributed by atoms with Gasteiger partial charge in [0.25, 0.3) is 0 Å². The monoisotopic (exact) mass is 225 g/mol. The Balaban J connectivity index is 3.84. The fourth-order valence-corrected chi connectivity index (χ4v) is 1.47. The molecule has 0 aliphatic carbocycles. The molecule has 3 heteroatoms. The van der Waals surface area contributed by atoms with Gasteiger partial charge in [-0.05, 0) is 17.8 Å². The minimum atomic E-state index is -0.429. The Hall–Kier alpha value is -1.17. The van der Waals surface area contributed by atoms with Gasteiger partial charge in [0.05, 0.1) is 13.2 Å². The second-order valence-corrected chi connectivity index (χ2v) is 4.38. The van der Waals surface area contributed by atoms with Gasteiger partial charge in [0, 0.05) is 0 Å². The molecular weight excluding hydrogens is 202 g/mol. The molecule has 1 amide bonds. The molecule has 3 unspecified atom stereocenters. The average Bonchev–Trinajstić information content (AvgIpc) is 2.31. The van der Waals surface area contributed by atoms with Crippen molar-refractivity contribution in [2.75, 3.05) is 13.2 Å². The maximum atomic E-state index is 11.1. The molecule has 0 aromatic rings. The normalized spacial score (nSPS) is 15.7. The lowest BCUT2D eigenvalue weighted by molar-refractivity contribution is 0.107. The van der Waals surface area contributed by atoms with Crippen LogP contribution < -0.4 is 5.32 Å². The van der Waals surface area contributed by atoms with E-state index in [4.69, 9.17) is 11.2 Å². The second-order valence-electron chi connectivity index (χ2n) is 4.38. The Morgan fingerprint density at radius 2 is 2.00 bits per heavy atom. The molecule has 0 saturated heterocycles. The van der Waals surface area contributed by atoms with Crippen molar-refractivity contribution in [3.8, 4) is 12.3 Å². The summed E-state index contributed by atoms with van der Waals surface area (Å²) in [4.78, 5) is 11.1. The summed E-state index contributed by atoms with van der Waals surface area (Å²) in [5, 5.41) is 2.47. The van der Waals surface area contributed by atoms with Crippen LogP contribution >= 0.6 is 0 Å². The number of nitrogens with one attached hydrogen (secondary N) is 1. The predicted molar refractivity (Wildman–Crippen MR) is 66.0 cm³/mol. The van der Waals surface area contributed by atoms with Crippen LogP contribution in [-0.2, 0) is 4.74 Å². The van der Waals surface area contributed by atoms with Gasteiger partial charge >= 0.3 is 6.09 Å². The summed E-state index contributed by atoms with van der Waals surface area (Å²) < 4.78 is 5.08. The largest absolute Gasteiger partial charge is 0.449 e. The molecule has 0 aromatic heterocycles. The molecule has 3 nitrogen and oxygen atoms in total. The Morgan fingerprint density at radius 1 is 1.38 bits per heavy atom. The summed E-state index contributed by atoms with van der Waals surface area (Å²) >= 11 is 0. The zero-order chi connectivity index (χ0) is 12.6. The molecule has 92 valence electrons. The molecule has 0 spiro atoms. The van der Waals surface area contributed by atoms with Crippen LogP contribution in [0.3, 0.4) is 0 Å². The Kier molecular flexibility index (Phi) is 7.45. The molecule has 1 N–H and O–H groups in total. The highest BCUT2D eigenvalue weighted by Gasteiger charge is 2.19. The van der Waals surface area contributed by atoms with E-state index in [1.165, 1.54) is 0 Å². The summed E-state index contributed by atoms with van der Waals surface area (Å²) in [6.07, 6.45) is 5.74. The smallest absolute Gasteiger partial charge is 0.407 e. The number of alkyl carbamates (subject to hydrolysis) is 1. The Morgan fingerprint density at radius 3 is 2.50 bits per heavy atom. The van der Waals surface area contributed by atoms with E-state index < -0.39 is 6.09 Å². The molecular formula is C13H23NO2. The van der Waals surface area contributed by atoms with E-state index in [1.54, 1.807) is 0 Å². The highest BCUT2D eigenvalue weighted by molar-refractivity contribution is 5.67. The lowest BCUT2D eigenvalue weighted by atomic mass is 9.84. The topological polar surface area (TPSA) is 38.3 Å². The fraction of sp³-hybridized carbons (Fsp3) is 0.769. The van der Waals surface area contributed by atoms with E-state index in [2.05, 4.69) is 38.9 Å². The first-order chi connectivity index (χ1) is 7.52. The molecule has 0 radical (unpaired) electrons. The van der Waals surface area contributed by atoms with Crippen LogP contribution in [0.1, 0.15) is 34.1 Å². The van der Waals surface area contributed by atoms with Crippen molar-refractivity contribution < 1.29 is 9.53 Å². The van der Waals surface area contributed by atoms with Crippen molar-refractivity contribution >= 4 is 6.09 Å². The zero-order valence-electron chi connectivity index (χ0n) is 10.7. The maximum absolute atomic E-state index is 11.1. The number of amides is 1. The molecule has 0 bridgehead atoms. The van der Waals surface area contributed by atoms with Crippen molar-refractivity contribution in [1.82, 2.24) is 5.32 Å². The minimum Gasteiger partial charge on any atom is -0.449 e. The van der Waals surface area contributed by atoms with Crippen LogP contribution in [0.2, 0.25) is 0 Å². The van der Waals surface area contributed by atoms with Gasteiger partial charge in [-0.1, -0.05) is 40.0 Å². The molecule has 0 saturated carbocycles. The van der Waals surface area contributed by atoms with Crippen molar-refractivity contribution in [2.24, 2.45) is 17.8 Å². The minimum absolute atomic E-state index is 0.216. The lowest BCUT2D eigenvalue weighted by Crippen LogP contribution is -2.28. The fourth-order valence-electron chi connectivity index (χ4n) is 1.47. The first-order valence-electron chi connectivity index (χ1n) is 5.87. The lowest BCUT2D eigenvalue weighted by Gasteiger charge is -2.24. The number of terminal acetylenes is 1. The SMILES string of the molecule is C#CCNC(=O)OCC(C)C(C)C(C)CC. The maximum Gasteiger partial charge on any atom is 0.407 e. The molecule has 0 aromatic carbocycles. The molecule has 0 aliphatic rings. The van der Waals surface area contributed by atoms with Crippen LogP contribution in [-0.4, -0.2) is 19.2 Å². The average molecular weight is 225 g/mol. The predicted octanol–water partition coefficient (Wildman–Crippen LogP) is 2.66. The van der Waals surface area contributed by atoms with Crippen molar-refractivity contribution in [2.45, 2.75) is 34.1 Å². The molecule has 0 rings (SSSR count). The second kappa shape index (κ2) is 8.04. The van der Waals surface area contributed by atoms with Crippen molar-refractivity contribution in [3.63, 3.8) is 0 Å². The number of ether oxygens (including phenoxy) is 1. The number of rotatable bonds is 6. The van der Waals surface area contributed by atoms with E-state index in [1.807, 2.05) is 0 Å².